The molecule has 2 aliphatic heterocycles. The maximum absolute atomic E-state index is 15.5. The van der Waals surface area contributed by atoms with Crippen LogP contribution in [0.5, 0.6) is 23.0 Å². The molecule has 3 N–H and O–H groups in total. The molecule has 0 bridgehead atoms. The molecule has 274 valence electrons. The maximum atomic E-state index is 15.5. The topological polar surface area (TPSA) is 171 Å². The first-order valence-corrected chi connectivity index (χ1v) is 17.6. The number of benzene rings is 4. The molecule has 2 heterocycles. The first-order chi connectivity index (χ1) is 25.9. The van der Waals surface area contributed by atoms with Crippen molar-refractivity contribution in [1.82, 2.24) is 0 Å². The number of aromatic carboxylic acids is 1. The fraction of sp³-hybridized carbons (Fsp3) is 0.244. The fourth-order valence-corrected chi connectivity index (χ4v) is 9.55. The maximum Gasteiger partial charge on any atom is 0.339 e. The van der Waals surface area contributed by atoms with E-state index in [1.807, 2.05) is 6.08 Å². The van der Waals surface area contributed by atoms with Gasteiger partial charge < -0.3 is 24.8 Å². The van der Waals surface area contributed by atoms with Gasteiger partial charge >= 0.3 is 5.97 Å². The number of aromatic hydroxyl groups is 2. The Morgan fingerprint density at radius 1 is 0.796 bits per heavy atom. The lowest BCUT2D eigenvalue weighted by atomic mass is 9.49. The van der Waals surface area contributed by atoms with Gasteiger partial charge in [0.25, 0.3) is 0 Å². The van der Waals surface area contributed by atoms with E-state index in [2.05, 4.69) is 0 Å². The first kappa shape index (κ1) is 34.9. The average Bonchev–Trinajstić information content (AvgIpc) is 3.55. The van der Waals surface area contributed by atoms with Crippen LogP contribution in [0.1, 0.15) is 40.2 Å². The molecule has 2 saturated heterocycles. The number of carbonyl (C=O) groups is 5. The molecule has 4 amide bonds. The number of carboxylic acid groups (broad SMARTS) is 1. The zero-order chi connectivity index (χ0) is 38.2. The number of hydrogen-bond acceptors (Lipinski definition) is 9. The Morgan fingerprint density at radius 3 is 2.11 bits per heavy atom. The number of fused-ring (bicyclic) bond motifs is 4. The highest BCUT2D eigenvalue weighted by molar-refractivity contribution is 6.32. The van der Waals surface area contributed by atoms with Gasteiger partial charge in [0.2, 0.25) is 23.6 Å². The van der Waals surface area contributed by atoms with Gasteiger partial charge in [0, 0.05) is 34.7 Å². The summed E-state index contributed by atoms with van der Waals surface area (Å²) in [6.45, 7) is 0. The number of amides is 4. The number of methoxy groups -OCH3 is 2. The van der Waals surface area contributed by atoms with E-state index in [1.54, 1.807) is 48.5 Å². The summed E-state index contributed by atoms with van der Waals surface area (Å²) in [5.74, 6) is -8.61. The van der Waals surface area contributed by atoms with E-state index in [0.717, 1.165) is 21.9 Å². The minimum Gasteiger partial charge on any atom is -0.508 e. The van der Waals surface area contributed by atoms with E-state index in [-0.39, 0.29) is 41.5 Å². The van der Waals surface area contributed by atoms with Crippen LogP contribution in [0.15, 0.2) is 96.6 Å². The van der Waals surface area contributed by atoms with Gasteiger partial charge in [-0.3, -0.25) is 19.2 Å². The number of imide groups is 2. The molecule has 6 unspecified atom stereocenters. The van der Waals surface area contributed by atoms with Crippen molar-refractivity contribution >= 4 is 52.6 Å². The number of hydrogen-bond donors (Lipinski definition) is 3. The van der Waals surface area contributed by atoms with Crippen molar-refractivity contribution in [3.63, 3.8) is 0 Å². The molecule has 3 fully saturated rings. The lowest BCUT2D eigenvalue weighted by molar-refractivity contribution is -0.127. The van der Waals surface area contributed by atoms with Crippen LogP contribution in [-0.2, 0) is 24.6 Å². The number of allylic oxidation sites excluding steroid dienone is 2. The normalized spacial score (nSPS) is 25.9. The Hall–Kier alpha value is -6.14. The summed E-state index contributed by atoms with van der Waals surface area (Å²) in [6.07, 6.45) is 1.98. The van der Waals surface area contributed by atoms with Gasteiger partial charge in [-0.1, -0.05) is 59.6 Å². The van der Waals surface area contributed by atoms with Crippen LogP contribution >= 0.6 is 11.6 Å². The van der Waals surface area contributed by atoms with Crippen molar-refractivity contribution in [2.24, 2.45) is 23.7 Å². The standard InChI is InChI=1S/C41H33ClN2O10/c1-53-31-17-24(45)18-32(54-2)34(31)35-25-13-14-27-33(38(49)43(36(27)47)23-11-12-26(39(50)51)30(46)16-23)28(25)19-29-37(48)44(22-10-6-9-21(42)15-22)40(52)41(29,35)20-7-4-3-5-8-20/h3-13,15-18,27-29,33,35,45-46H,14,19H2,1-2H3,(H,50,51). The predicted molar refractivity (Wildman–Crippen MR) is 195 cm³/mol. The number of ether oxygens (including phenoxy) is 2. The molecular formula is C41H33ClN2O10. The van der Waals surface area contributed by atoms with Crippen molar-refractivity contribution in [2.45, 2.75) is 24.2 Å². The summed E-state index contributed by atoms with van der Waals surface area (Å²) < 4.78 is 11.7. The number of phenolic OH excluding ortho intramolecular Hbond substituents is 1. The Labute approximate surface area is 313 Å². The number of anilines is 2. The fourth-order valence-electron chi connectivity index (χ4n) is 9.36. The minimum absolute atomic E-state index is 0.00978. The van der Waals surface area contributed by atoms with Crippen molar-refractivity contribution < 1.29 is 48.8 Å². The van der Waals surface area contributed by atoms with Gasteiger partial charge in [0.15, 0.2) is 0 Å². The highest BCUT2D eigenvalue weighted by Crippen LogP contribution is 2.66. The summed E-state index contributed by atoms with van der Waals surface area (Å²) in [4.78, 5) is 72.9. The SMILES string of the molecule is COc1cc(O)cc(OC)c1C1C2=CCC3C(=O)N(c4ccc(C(=O)O)c(O)c4)C(=O)C3C2CC2C(=O)N(c3cccc(Cl)c3)C(=O)C21c1ccccc1. The van der Waals surface area contributed by atoms with Crippen LogP contribution in [0.25, 0.3) is 0 Å². The van der Waals surface area contributed by atoms with Crippen LogP contribution in [0.4, 0.5) is 11.4 Å². The Balaban J connectivity index is 1.37. The van der Waals surface area contributed by atoms with Crippen molar-refractivity contribution in [3.8, 4) is 23.0 Å². The van der Waals surface area contributed by atoms with Crippen LogP contribution < -0.4 is 19.3 Å². The number of phenols is 2. The zero-order valence-electron chi connectivity index (χ0n) is 28.9. The van der Waals surface area contributed by atoms with Gasteiger partial charge in [-0.15, -0.1) is 0 Å². The molecule has 4 aliphatic rings. The van der Waals surface area contributed by atoms with Crippen molar-refractivity contribution in [2.75, 3.05) is 24.0 Å². The van der Waals surface area contributed by atoms with Crippen LogP contribution in [0, 0.1) is 23.7 Å². The monoisotopic (exact) mass is 748 g/mol. The molecule has 0 aromatic heterocycles. The van der Waals surface area contributed by atoms with E-state index in [1.165, 1.54) is 38.5 Å². The predicted octanol–water partition coefficient (Wildman–Crippen LogP) is 5.83. The summed E-state index contributed by atoms with van der Waals surface area (Å²) in [5.41, 5.74) is -0.211. The first-order valence-electron chi connectivity index (χ1n) is 17.2. The van der Waals surface area contributed by atoms with Gasteiger partial charge in [0.05, 0.1) is 48.8 Å². The van der Waals surface area contributed by atoms with E-state index < -0.39 is 75.9 Å². The largest absolute Gasteiger partial charge is 0.508 e. The Kier molecular flexibility index (Phi) is 8.26. The van der Waals surface area contributed by atoms with Crippen LogP contribution in [-0.4, -0.2) is 59.1 Å². The Bertz CT molecular complexity index is 2300. The molecule has 1 saturated carbocycles. The lowest BCUT2D eigenvalue weighted by Crippen LogP contribution is -2.53. The molecular weight excluding hydrogens is 716 g/mol. The van der Waals surface area contributed by atoms with Gasteiger partial charge in [-0.25, -0.2) is 14.6 Å². The summed E-state index contributed by atoms with van der Waals surface area (Å²) in [5, 5.41) is 31.0. The summed E-state index contributed by atoms with van der Waals surface area (Å²) in [6, 6.07) is 21.7. The molecule has 6 atom stereocenters. The second-order valence-electron chi connectivity index (χ2n) is 13.9. The molecule has 8 rings (SSSR count). The number of carbonyl (C=O) groups excluding carboxylic acids is 4. The molecule has 13 heteroatoms. The second-order valence-corrected chi connectivity index (χ2v) is 14.3. The molecule has 4 aromatic rings. The number of carboxylic acids is 1. The van der Waals surface area contributed by atoms with Crippen molar-refractivity contribution in [1.29, 1.82) is 0 Å². The molecule has 12 nitrogen and oxygen atoms in total. The molecule has 0 spiro atoms. The average molecular weight is 749 g/mol. The van der Waals surface area contributed by atoms with E-state index >= 15 is 9.59 Å². The van der Waals surface area contributed by atoms with E-state index in [0.29, 0.717) is 21.7 Å². The van der Waals surface area contributed by atoms with Crippen LogP contribution in [0.2, 0.25) is 5.02 Å². The summed E-state index contributed by atoms with van der Waals surface area (Å²) in [7, 11) is 2.83. The van der Waals surface area contributed by atoms with Gasteiger partial charge in [-0.05, 0) is 54.7 Å². The Morgan fingerprint density at radius 2 is 1.48 bits per heavy atom. The quantitative estimate of drug-likeness (QED) is 0.154. The highest BCUT2D eigenvalue weighted by atomic mass is 35.5. The third-order valence-corrected chi connectivity index (χ3v) is 11.7. The number of halogens is 1. The van der Waals surface area contributed by atoms with Gasteiger partial charge in [0.1, 0.15) is 28.6 Å². The molecule has 2 aliphatic carbocycles. The minimum atomic E-state index is -1.63. The number of rotatable bonds is 7. The van der Waals surface area contributed by atoms with Gasteiger partial charge in [-0.2, -0.15) is 0 Å². The zero-order valence-corrected chi connectivity index (χ0v) is 29.7. The van der Waals surface area contributed by atoms with E-state index in [4.69, 9.17) is 21.1 Å². The third kappa shape index (κ3) is 4.86. The summed E-state index contributed by atoms with van der Waals surface area (Å²) >= 11 is 6.40. The highest BCUT2D eigenvalue weighted by Gasteiger charge is 2.71. The number of nitrogens with zero attached hydrogens (tertiary/aromatic N) is 2. The second kappa shape index (κ2) is 12.8. The third-order valence-electron chi connectivity index (χ3n) is 11.5. The molecule has 0 radical (unpaired) electrons. The van der Waals surface area contributed by atoms with E-state index in [9.17, 15) is 29.7 Å². The lowest BCUT2D eigenvalue weighted by Gasteiger charge is -2.51. The smallest absolute Gasteiger partial charge is 0.339 e. The van der Waals surface area contributed by atoms with Crippen LogP contribution in [0.3, 0.4) is 0 Å². The van der Waals surface area contributed by atoms with Crippen molar-refractivity contribution in [3.05, 3.63) is 118 Å². The molecule has 4 aromatic carbocycles. The molecule has 54 heavy (non-hydrogen) atoms.